The van der Waals surface area contributed by atoms with Crippen LogP contribution in [0.4, 0.5) is 5.69 Å². The fourth-order valence-electron chi connectivity index (χ4n) is 3.26. The van der Waals surface area contributed by atoms with Crippen molar-refractivity contribution < 1.29 is 13.2 Å². The summed E-state index contributed by atoms with van der Waals surface area (Å²) in [6.07, 6.45) is 2.79. The molecule has 0 aliphatic heterocycles. The average molecular weight is 359 g/mol. The van der Waals surface area contributed by atoms with Crippen molar-refractivity contribution in [2.75, 3.05) is 5.73 Å². The first-order valence-corrected chi connectivity index (χ1v) is 9.82. The van der Waals surface area contributed by atoms with Gasteiger partial charge in [-0.05, 0) is 60.2 Å². The summed E-state index contributed by atoms with van der Waals surface area (Å²) >= 11 is 0. The molecule has 1 aliphatic rings. The number of nitrogens with two attached hydrogens (primary N) is 2. The van der Waals surface area contributed by atoms with Gasteiger partial charge in [0.25, 0.3) is 5.91 Å². The predicted octanol–water partition coefficient (Wildman–Crippen LogP) is 1.86. The second kappa shape index (κ2) is 6.85. The van der Waals surface area contributed by atoms with E-state index in [1.54, 1.807) is 24.3 Å². The van der Waals surface area contributed by atoms with Gasteiger partial charge in [0.2, 0.25) is 10.0 Å². The Morgan fingerprint density at radius 3 is 2.76 bits per heavy atom. The smallest absolute Gasteiger partial charge is 0.251 e. The number of sulfonamides is 1. The summed E-state index contributed by atoms with van der Waals surface area (Å²) in [5, 5.41) is 8.11. The molecule has 7 heteroatoms. The van der Waals surface area contributed by atoms with Crippen molar-refractivity contribution in [2.24, 2.45) is 5.14 Å². The second-order valence-electron chi connectivity index (χ2n) is 6.38. The molecular formula is C18H21N3O3S. The molecule has 0 spiro atoms. The number of benzene rings is 2. The van der Waals surface area contributed by atoms with E-state index in [9.17, 15) is 13.2 Å². The van der Waals surface area contributed by atoms with Gasteiger partial charge in [0.15, 0.2) is 0 Å². The maximum Gasteiger partial charge on any atom is 0.251 e. The molecule has 1 atom stereocenters. The van der Waals surface area contributed by atoms with Crippen LogP contribution >= 0.6 is 0 Å². The molecule has 0 heterocycles. The third-order valence-electron chi connectivity index (χ3n) is 4.34. The van der Waals surface area contributed by atoms with Crippen LogP contribution < -0.4 is 16.2 Å². The topological polar surface area (TPSA) is 115 Å². The highest BCUT2D eigenvalue weighted by molar-refractivity contribution is 7.88. The number of hydrogen-bond donors (Lipinski definition) is 3. The predicted molar refractivity (Wildman–Crippen MR) is 97.3 cm³/mol. The molecule has 1 amide bonds. The Morgan fingerprint density at radius 1 is 1.20 bits per heavy atom. The van der Waals surface area contributed by atoms with Crippen molar-refractivity contribution in [3.63, 3.8) is 0 Å². The molecule has 1 aliphatic carbocycles. The Labute approximate surface area is 147 Å². The largest absolute Gasteiger partial charge is 0.399 e. The number of nitrogens with one attached hydrogen (secondary N) is 1. The zero-order valence-electron chi connectivity index (χ0n) is 13.7. The molecule has 3 rings (SSSR count). The maximum atomic E-state index is 12.6. The van der Waals surface area contributed by atoms with Gasteiger partial charge < -0.3 is 11.1 Å². The minimum atomic E-state index is -3.63. The Hall–Kier alpha value is -2.38. The van der Waals surface area contributed by atoms with E-state index in [2.05, 4.69) is 5.32 Å². The van der Waals surface area contributed by atoms with Crippen molar-refractivity contribution in [1.82, 2.24) is 5.32 Å². The van der Waals surface area contributed by atoms with Gasteiger partial charge in [-0.3, -0.25) is 4.79 Å². The molecular weight excluding hydrogens is 338 g/mol. The van der Waals surface area contributed by atoms with Gasteiger partial charge in [0, 0.05) is 11.3 Å². The number of hydrogen-bond acceptors (Lipinski definition) is 4. The van der Waals surface area contributed by atoms with Crippen LogP contribution in [0.2, 0.25) is 0 Å². The Balaban J connectivity index is 1.79. The molecule has 0 saturated carbocycles. The van der Waals surface area contributed by atoms with Crippen molar-refractivity contribution in [3.05, 3.63) is 64.7 Å². The van der Waals surface area contributed by atoms with Crippen LogP contribution in [0.5, 0.6) is 0 Å². The number of carbonyl (C=O) groups excluding carboxylic acids is 1. The molecule has 0 fully saturated rings. The highest BCUT2D eigenvalue weighted by atomic mass is 32.2. The Morgan fingerprint density at radius 2 is 2.00 bits per heavy atom. The summed E-state index contributed by atoms with van der Waals surface area (Å²) < 4.78 is 22.5. The first-order valence-electron chi connectivity index (χ1n) is 8.10. The molecule has 2 aromatic rings. The van der Waals surface area contributed by atoms with Crippen LogP contribution in [0.15, 0.2) is 42.5 Å². The highest BCUT2D eigenvalue weighted by Gasteiger charge is 2.22. The molecule has 25 heavy (non-hydrogen) atoms. The van der Waals surface area contributed by atoms with Gasteiger partial charge in [-0.25, -0.2) is 13.6 Å². The number of anilines is 1. The number of aryl methyl sites for hydroxylation is 1. The van der Waals surface area contributed by atoms with Crippen LogP contribution in [-0.4, -0.2) is 14.3 Å². The van der Waals surface area contributed by atoms with Crippen molar-refractivity contribution in [2.45, 2.75) is 31.1 Å². The fraction of sp³-hybridized carbons (Fsp3) is 0.278. The first kappa shape index (κ1) is 17.4. The fourth-order valence-corrected chi connectivity index (χ4v) is 3.90. The zero-order chi connectivity index (χ0) is 18.0. The van der Waals surface area contributed by atoms with Crippen molar-refractivity contribution in [3.8, 4) is 0 Å². The summed E-state index contributed by atoms with van der Waals surface area (Å²) in [7, 11) is -3.63. The molecule has 1 unspecified atom stereocenters. The summed E-state index contributed by atoms with van der Waals surface area (Å²) in [6.45, 7) is 0. The summed E-state index contributed by atoms with van der Waals surface area (Å²) in [5.41, 5.74) is 9.73. The summed E-state index contributed by atoms with van der Waals surface area (Å²) in [6, 6.07) is 12.2. The zero-order valence-corrected chi connectivity index (χ0v) is 14.6. The summed E-state index contributed by atoms with van der Waals surface area (Å²) in [4.78, 5) is 12.6. The molecule has 5 N–H and O–H groups in total. The van der Waals surface area contributed by atoms with Crippen LogP contribution in [-0.2, 0) is 22.2 Å². The van der Waals surface area contributed by atoms with E-state index >= 15 is 0 Å². The van der Waals surface area contributed by atoms with Crippen LogP contribution in [0.1, 0.15) is 45.9 Å². The lowest BCUT2D eigenvalue weighted by molar-refractivity contribution is 0.0932. The average Bonchev–Trinajstić information content (AvgIpc) is 2.53. The van der Waals surface area contributed by atoms with E-state index in [1.165, 1.54) is 5.56 Å². The number of fused-ring (bicyclic) bond motifs is 1. The van der Waals surface area contributed by atoms with Crippen molar-refractivity contribution >= 4 is 21.6 Å². The van der Waals surface area contributed by atoms with Crippen molar-refractivity contribution in [1.29, 1.82) is 0 Å². The molecule has 2 aromatic carbocycles. The summed E-state index contributed by atoms with van der Waals surface area (Å²) in [5.74, 6) is -0.523. The van der Waals surface area contributed by atoms with E-state index in [0.717, 1.165) is 30.5 Å². The van der Waals surface area contributed by atoms with Gasteiger partial charge in [-0.2, -0.15) is 0 Å². The van der Waals surface area contributed by atoms with Crippen LogP contribution in [0, 0.1) is 0 Å². The molecule has 0 aromatic heterocycles. The lowest BCUT2D eigenvalue weighted by Gasteiger charge is -2.26. The molecule has 0 radical (unpaired) electrons. The van der Waals surface area contributed by atoms with E-state index in [0.29, 0.717) is 11.1 Å². The Kier molecular flexibility index (Phi) is 4.78. The van der Waals surface area contributed by atoms with Gasteiger partial charge in [0.05, 0.1) is 11.8 Å². The van der Waals surface area contributed by atoms with E-state index in [1.807, 2.05) is 18.2 Å². The third-order valence-corrected chi connectivity index (χ3v) is 5.08. The number of carbonyl (C=O) groups is 1. The minimum absolute atomic E-state index is 0.0706. The highest BCUT2D eigenvalue weighted by Crippen LogP contribution is 2.31. The van der Waals surface area contributed by atoms with Gasteiger partial charge in [-0.15, -0.1) is 0 Å². The van der Waals surface area contributed by atoms with Crippen LogP contribution in [0.3, 0.4) is 0 Å². The second-order valence-corrected chi connectivity index (χ2v) is 8.00. The molecule has 0 bridgehead atoms. The lowest BCUT2D eigenvalue weighted by Crippen LogP contribution is -2.31. The normalized spacial score (nSPS) is 16.9. The van der Waals surface area contributed by atoms with Crippen LogP contribution in [0.25, 0.3) is 0 Å². The van der Waals surface area contributed by atoms with Gasteiger partial charge in [-0.1, -0.05) is 18.2 Å². The maximum absolute atomic E-state index is 12.6. The number of rotatable bonds is 4. The molecule has 6 nitrogen and oxygen atoms in total. The quantitative estimate of drug-likeness (QED) is 0.723. The van der Waals surface area contributed by atoms with Gasteiger partial charge >= 0.3 is 0 Å². The van der Waals surface area contributed by atoms with Gasteiger partial charge in [0.1, 0.15) is 0 Å². The third kappa shape index (κ3) is 4.37. The number of nitrogen functional groups attached to an aromatic ring is 1. The first-order chi connectivity index (χ1) is 11.8. The SMILES string of the molecule is Nc1ccc2c(c1)CCCC2NC(=O)c1cccc(CS(N)(=O)=O)c1. The van der Waals surface area contributed by atoms with E-state index in [4.69, 9.17) is 10.9 Å². The minimum Gasteiger partial charge on any atom is -0.399 e. The lowest BCUT2D eigenvalue weighted by atomic mass is 9.87. The number of amides is 1. The Bertz CT molecular complexity index is 910. The van der Waals surface area contributed by atoms with E-state index in [-0.39, 0.29) is 17.7 Å². The molecule has 132 valence electrons. The monoisotopic (exact) mass is 359 g/mol. The molecule has 0 saturated heterocycles. The number of primary sulfonamides is 1. The standard InChI is InChI=1S/C18H21N3O3S/c19-15-7-8-16-13(10-15)4-2-6-17(16)21-18(22)14-5-1-3-12(9-14)11-25(20,23)24/h1,3,5,7-10,17H,2,4,6,11,19H2,(H,21,22)(H2,20,23,24). The van der Waals surface area contributed by atoms with E-state index < -0.39 is 10.0 Å².